The molecule has 2 heterocycles. The van der Waals surface area contributed by atoms with Crippen LogP contribution in [0.25, 0.3) is 16.6 Å². The highest BCUT2D eigenvalue weighted by atomic mass is 16.4. The Hall–Kier alpha value is -2.82. The molecular weight excluding hydrogens is 268 g/mol. The Kier molecular flexibility index (Phi) is 2.90. The standard InChI is InChI=1S/C16H14N2O3/c1-10-8-18(11-6-4-3-5-7-11)15(19)13-12(16(20)21)9-17(2)14(10)13/h3-9H,1-2H3,(H,20,21). The topological polar surface area (TPSA) is 64.2 Å². The van der Waals surface area contributed by atoms with Crippen molar-refractivity contribution in [1.29, 1.82) is 0 Å². The van der Waals surface area contributed by atoms with E-state index >= 15 is 0 Å². The van der Waals surface area contributed by atoms with Gasteiger partial charge >= 0.3 is 5.97 Å². The van der Waals surface area contributed by atoms with E-state index in [-0.39, 0.29) is 16.5 Å². The Bertz CT molecular complexity index is 905. The summed E-state index contributed by atoms with van der Waals surface area (Å²) in [6, 6.07) is 9.17. The number of fused-ring (bicyclic) bond motifs is 1. The second kappa shape index (κ2) is 4.63. The number of hydrogen-bond acceptors (Lipinski definition) is 2. The number of carboxylic acids is 1. The highest BCUT2D eigenvalue weighted by Crippen LogP contribution is 2.21. The molecule has 0 aliphatic heterocycles. The number of hydrogen-bond donors (Lipinski definition) is 1. The lowest BCUT2D eigenvalue weighted by Gasteiger charge is -2.09. The van der Waals surface area contributed by atoms with Gasteiger partial charge in [-0.15, -0.1) is 0 Å². The first-order valence-corrected chi connectivity index (χ1v) is 6.50. The molecule has 3 rings (SSSR count). The quantitative estimate of drug-likeness (QED) is 0.784. The highest BCUT2D eigenvalue weighted by Gasteiger charge is 2.19. The van der Waals surface area contributed by atoms with Gasteiger partial charge in [0, 0.05) is 25.1 Å². The van der Waals surface area contributed by atoms with E-state index in [0.29, 0.717) is 11.2 Å². The van der Waals surface area contributed by atoms with Crippen molar-refractivity contribution in [2.24, 2.45) is 7.05 Å². The molecule has 0 unspecified atom stereocenters. The molecule has 2 aromatic heterocycles. The first-order chi connectivity index (χ1) is 10.0. The third-order valence-corrected chi connectivity index (χ3v) is 3.58. The van der Waals surface area contributed by atoms with Gasteiger partial charge in [-0.2, -0.15) is 0 Å². The van der Waals surface area contributed by atoms with Crippen LogP contribution in [0, 0.1) is 6.92 Å². The van der Waals surface area contributed by atoms with Gasteiger partial charge in [-0.05, 0) is 24.6 Å². The van der Waals surface area contributed by atoms with E-state index in [9.17, 15) is 14.7 Å². The lowest BCUT2D eigenvalue weighted by Crippen LogP contribution is -2.20. The molecule has 0 saturated carbocycles. The van der Waals surface area contributed by atoms with Crippen LogP contribution in [-0.4, -0.2) is 20.2 Å². The van der Waals surface area contributed by atoms with Crippen molar-refractivity contribution in [2.45, 2.75) is 6.92 Å². The maximum absolute atomic E-state index is 12.7. The monoisotopic (exact) mass is 282 g/mol. The molecule has 0 aliphatic carbocycles. The molecule has 0 amide bonds. The predicted octanol–water partition coefficient (Wildman–Crippen LogP) is 2.34. The van der Waals surface area contributed by atoms with Gasteiger partial charge in [0.05, 0.1) is 16.5 Å². The number of aromatic carboxylic acids is 1. The Balaban J connectivity index is 2.46. The van der Waals surface area contributed by atoms with Crippen molar-refractivity contribution in [3.63, 3.8) is 0 Å². The highest BCUT2D eigenvalue weighted by molar-refractivity contribution is 6.03. The SMILES string of the molecule is Cc1cn(-c2ccccc2)c(=O)c2c(C(=O)O)cn(C)c12. The number of carbonyl (C=O) groups is 1. The van der Waals surface area contributed by atoms with E-state index in [2.05, 4.69) is 0 Å². The lowest BCUT2D eigenvalue weighted by molar-refractivity contribution is 0.0698. The zero-order valence-electron chi connectivity index (χ0n) is 11.7. The fourth-order valence-electron chi connectivity index (χ4n) is 2.69. The van der Waals surface area contributed by atoms with Crippen molar-refractivity contribution >= 4 is 16.9 Å². The van der Waals surface area contributed by atoms with Gasteiger partial charge < -0.3 is 9.67 Å². The number of rotatable bonds is 2. The largest absolute Gasteiger partial charge is 0.478 e. The first kappa shape index (κ1) is 13.2. The maximum atomic E-state index is 12.7. The summed E-state index contributed by atoms with van der Waals surface area (Å²) in [6.07, 6.45) is 3.22. The van der Waals surface area contributed by atoms with Gasteiger partial charge in [0.25, 0.3) is 5.56 Å². The summed E-state index contributed by atoms with van der Waals surface area (Å²) in [5, 5.41) is 9.56. The minimum Gasteiger partial charge on any atom is -0.478 e. The summed E-state index contributed by atoms with van der Waals surface area (Å²) >= 11 is 0. The normalized spacial score (nSPS) is 11.0. The molecule has 0 fully saturated rings. The Morgan fingerprint density at radius 1 is 1.14 bits per heavy atom. The van der Waals surface area contributed by atoms with Gasteiger partial charge in [-0.3, -0.25) is 9.36 Å². The van der Waals surface area contributed by atoms with E-state index < -0.39 is 5.97 Å². The van der Waals surface area contributed by atoms with Crippen molar-refractivity contribution in [2.75, 3.05) is 0 Å². The number of pyridine rings is 1. The van der Waals surface area contributed by atoms with Crippen LogP contribution in [0.5, 0.6) is 0 Å². The number of benzene rings is 1. The molecule has 21 heavy (non-hydrogen) atoms. The molecule has 0 atom stereocenters. The van der Waals surface area contributed by atoms with Crippen LogP contribution in [-0.2, 0) is 7.05 Å². The average Bonchev–Trinajstić information content (AvgIpc) is 2.82. The van der Waals surface area contributed by atoms with Crippen LogP contribution >= 0.6 is 0 Å². The molecule has 5 heteroatoms. The van der Waals surface area contributed by atoms with Crippen molar-refractivity contribution in [3.8, 4) is 5.69 Å². The van der Waals surface area contributed by atoms with Gasteiger partial charge in [0.1, 0.15) is 0 Å². The third-order valence-electron chi connectivity index (χ3n) is 3.58. The zero-order valence-corrected chi connectivity index (χ0v) is 11.7. The minimum atomic E-state index is -1.09. The van der Waals surface area contributed by atoms with Gasteiger partial charge in [0.2, 0.25) is 0 Å². The van der Waals surface area contributed by atoms with E-state index in [1.807, 2.05) is 37.3 Å². The molecular formula is C16H14N2O3. The average molecular weight is 282 g/mol. The smallest absolute Gasteiger partial charge is 0.338 e. The molecule has 0 spiro atoms. The summed E-state index contributed by atoms with van der Waals surface area (Å²) in [5.41, 5.74) is 1.94. The number of carboxylic acid groups (broad SMARTS) is 1. The Labute approximate surface area is 120 Å². The van der Waals surface area contributed by atoms with E-state index in [0.717, 1.165) is 5.56 Å². The maximum Gasteiger partial charge on any atom is 0.338 e. The zero-order chi connectivity index (χ0) is 15.1. The summed E-state index contributed by atoms with van der Waals surface area (Å²) < 4.78 is 3.18. The summed E-state index contributed by atoms with van der Waals surface area (Å²) in [7, 11) is 1.74. The molecule has 5 nitrogen and oxygen atoms in total. The minimum absolute atomic E-state index is 0.0332. The predicted molar refractivity (Wildman–Crippen MR) is 80.2 cm³/mol. The number of aryl methyl sites for hydroxylation is 2. The van der Waals surface area contributed by atoms with Crippen molar-refractivity contribution in [1.82, 2.24) is 9.13 Å². The van der Waals surface area contributed by atoms with Crippen LogP contribution in [0.3, 0.4) is 0 Å². The second-order valence-corrected chi connectivity index (χ2v) is 5.01. The van der Waals surface area contributed by atoms with Crippen molar-refractivity contribution < 1.29 is 9.90 Å². The van der Waals surface area contributed by atoms with E-state index in [1.54, 1.807) is 17.8 Å². The van der Waals surface area contributed by atoms with Gasteiger partial charge in [-0.25, -0.2) is 4.79 Å². The number of nitrogens with zero attached hydrogens (tertiary/aromatic N) is 2. The van der Waals surface area contributed by atoms with Crippen LogP contribution < -0.4 is 5.56 Å². The van der Waals surface area contributed by atoms with Gasteiger partial charge in [0.15, 0.2) is 0 Å². The van der Waals surface area contributed by atoms with E-state index in [4.69, 9.17) is 0 Å². The number of aromatic nitrogens is 2. The van der Waals surface area contributed by atoms with Crippen LogP contribution in [0.2, 0.25) is 0 Å². The van der Waals surface area contributed by atoms with E-state index in [1.165, 1.54) is 10.8 Å². The van der Waals surface area contributed by atoms with Crippen LogP contribution in [0.4, 0.5) is 0 Å². The van der Waals surface area contributed by atoms with Crippen molar-refractivity contribution in [3.05, 3.63) is 64.2 Å². The molecule has 0 aliphatic rings. The van der Waals surface area contributed by atoms with Crippen LogP contribution in [0.1, 0.15) is 15.9 Å². The molecule has 0 bridgehead atoms. The Morgan fingerprint density at radius 2 is 1.81 bits per heavy atom. The molecule has 0 radical (unpaired) electrons. The summed E-state index contributed by atoms with van der Waals surface area (Å²) in [6.45, 7) is 1.87. The first-order valence-electron chi connectivity index (χ1n) is 6.50. The van der Waals surface area contributed by atoms with Gasteiger partial charge in [-0.1, -0.05) is 18.2 Å². The molecule has 1 N–H and O–H groups in total. The lowest BCUT2D eigenvalue weighted by atomic mass is 10.1. The Morgan fingerprint density at radius 3 is 2.43 bits per heavy atom. The van der Waals surface area contributed by atoms with Crippen LogP contribution in [0.15, 0.2) is 47.5 Å². The number of para-hydroxylation sites is 1. The molecule has 1 aromatic carbocycles. The third kappa shape index (κ3) is 1.94. The summed E-state index contributed by atoms with van der Waals surface area (Å²) in [5.74, 6) is -1.09. The molecule has 0 saturated heterocycles. The molecule has 106 valence electrons. The fraction of sp³-hybridized carbons (Fsp3) is 0.125. The second-order valence-electron chi connectivity index (χ2n) is 5.01. The fourth-order valence-corrected chi connectivity index (χ4v) is 2.69. The summed E-state index contributed by atoms with van der Waals surface area (Å²) in [4.78, 5) is 24.1. The molecule has 3 aromatic rings.